The summed E-state index contributed by atoms with van der Waals surface area (Å²) >= 11 is 1.38. The van der Waals surface area contributed by atoms with Crippen LogP contribution in [-0.4, -0.2) is 21.2 Å². The van der Waals surface area contributed by atoms with Gasteiger partial charge in [0.05, 0.1) is 5.52 Å². The van der Waals surface area contributed by atoms with E-state index in [1.165, 1.54) is 11.8 Å². The molecule has 5 nitrogen and oxygen atoms in total. The third-order valence-electron chi connectivity index (χ3n) is 3.00. The minimum atomic E-state index is 0.0664. The highest BCUT2D eigenvalue weighted by atomic mass is 32.2. The molecular weight excluding hydrogens is 284 g/mol. The van der Waals surface area contributed by atoms with Gasteiger partial charge >= 0.3 is 0 Å². The third-order valence-corrected chi connectivity index (χ3v) is 3.88. The van der Waals surface area contributed by atoms with Crippen LogP contribution in [0.15, 0.2) is 45.0 Å². The van der Waals surface area contributed by atoms with E-state index in [-0.39, 0.29) is 6.04 Å². The van der Waals surface area contributed by atoms with E-state index in [0.29, 0.717) is 11.1 Å². The predicted molar refractivity (Wildman–Crippen MR) is 82.3 cm³/mol. The molecule has 1 unspecified atom stereocenters. The van der Waals surface area contributed by atoms with Gasteiger partial charge in [0.15, 0.2) is 0 Å². The topological polar surface area (TPSA) is 77.8 Å². The van der Waals surface area contributed by atoms with E-state index in [2.05, 4.69) is 22.3 Å². The van der Waals surface area contributed by atoms with Crippen LogP contribution in [0.4, 0.5) is 0 Å². The summed E-state index contributed by atoms with van der Waals surface area (Å²) in [6.07, 6.45) is 0.757. The van der Waals surface area contributed by atoms with Crippen molar-refractivity contribution in [1.82, 2.24) is 15.2 Å². The minimum Gasteiger partial charge on any atom is -0.416 e. The Kier molecular flexibility index (Phi) is 3.90. The van der Waals surface area contributed by atoms with Gasteiger partial charge in [0.25, 0.3) is 5.22 Å². The fraction of sp³-hybridized carbons (Fsp3) is 0.267. The second-order valence-corrected chi connectivity index (χ2v) is 5.96. The first-order valence-electron chi connectivity index (χ1n) is 6.74. The Morgan fingerprint density at radius 3 is 2.81 bits per heavy atom. The molecule has 2 N–H and O–H groups in total. The zero-order chi connectivity index (χ0) is 14.8. The molecule has 3 aromatic rings. The predicted octanol–water partition coefficient (Wildman–Crippen LogP) is 2.97. The largest absolute Gasteiger partial charge is 0.416 e. The maximum absolute atomic E-state index is 5.95. The van der Waals surface area contributed by atoms with Gasteiger partial charge in [-0.15, -0.1) is 10.2 Å². The number of fused-ring (bicyclic) bond motifs is 1. The van der Waals surface area contributed by atoms with E-state index in [4.69, 9.17) is 15.1 Å². The quantitative estimate of drug-likeness (QED) is 0.798. The minimum absolute atomic E-state index is 0.0664. The SMILES string of the molecule is Cc1nnc(Sc2nc3ccccc3cc2CC(C)N)o1. The molecule has 2 heterocycles. The lowest BCUT2D eigenvalue weighted by Gasteiger charge is -2.11. The molecule has 0 fully saturated rings. The number of nitrogens with two attached hydrogens (primary N) is 1. The first-order valence-corrected chi connectivity index (χ1v) is 7.55. The molecule has 0 saturated heterocycles. The average molecular weight is 300 g/mol. The van der Waals surface area contributed by atoms with Crippen molar-refractivity contribution in [3.63, 3.8) is 0 Å². The van der Waals surface area contributed by atoms with E-state index < -0.39 is 0 Å². The lowest BCUT2D eigenvalue weighted by Crippen LogP contribution is -2.18. The molecule has 0 radical (unpaired) electrons. The summed E-state index contributed by atoms with van der Waals surface area (Å²) in [5.41, 5.74) is 8.00. The molecule has 0 aliphatic rings. The number of pyridine rings is 1. The zero-order valence-electron chi connectivity index (χ0n) is 11.9. The van der Waals surface area contributed by atoms with E-state index in [9.17, 15) is 0 Å². The van der Waals surface area contributed by atoms with Crippen molar-refractivity contribution in [2.75, 3.05) is 0 Å². The molecule has 108 valence electrons. The summed E-state index contributed by atoms with van der Waals surface area (Å²) in [6, 6.07) is 10.2. The number of hydrogen-bond donors (Lipinski definition) is 1. The summed E-state index contributed by atoms with van der Waals surface area (Å²) in [5.74, 6) is 0.548. The van der Waals surface area contributed by atoms with Crippen LogP contribution in [0, 0.1) is 6.92 Å². The molecule has 0 bridgehead atoms. The van der Waals surface area contributed by atoms with Crippen LogP contribution >= 0.6 is 11.8 Å². The zero-order valence-corrected chi connectivity index (χ0v) is 12.7. The van der Waals surface area contributed by atoms with Crippen LogP contribution < -0.4 is 5.73 Å². The molecule has 6 heteroatoms. The highest BCUT2D eigenvalue weighted by molar-refractivity contribution is 7.99. The van der Waals surface area contributed by atoms with Crippen molar-refractivity contribution in [3.8, 4) is 0 Å². The number of aromatic nitrogens is 3. The first kappa shape index (κ1) is 14.0. The third kappa shape index (κ3) is 3.22. The van der Waals surface area contributed by atoms with E-state index >= 15 is 0 Å². The van der Waals surface area contributed by atoms with Gasteiger partial charge in [-0.2, -0.15) is 0 Å². The summed E-state index contributed by atoms with van der Waals surface area (Å²) in [6.45, 7) is 3.76. The van der Waals surface area contributed by atoms with Gasteiger partial charge in [-0.3, -0.25) is 0 Å². The second kappa shape index (κ2) is 5.83. The summed E-state index contributed by atoms with van der Waals surface area (Å²) < 4.78 is 5.43. The molecular formula is C15H16N4OS. The van der Waals surface area contributed by atoms with Gasteiger partial charge in [0.1, 0.15) is 5.03 Å². The van der Waals surface area contributed by atoms with Crippen LogP contribution in [-0.2, 0) is 6.42 Å². The van der Waals surface area contributed by atoms with Gasteiger partial charge in [-0.25, -0.2) is 4.98 Å². The van der Waals surface area contributed by atoms with Crippen molar-refractivity contribution >= 4 is 22.7 Å². The Hall–Kier alpha value is -1.92. The van der Waals surface area contributed by atoms with E-state index in [1.807, 2.05) is 25.1 Å². The molecule has 0 spiro atoms. The number of aryl methyl sites for hydroxylation is 1. The Balaban J connectivity index is 2.04. The molecule has 1 aromatic carbocycles. The normalized spacial score (nSPS) is 12.7. The smallest absolute Gasteiger partial charge is 0.282 e. The molecule has 2 aromatic heterocycles. The number of nitrogens with zero attached hydrogens (tertiary/aromatic N) is 3. The summed E-state index contributed by atoms with van der Waals surface area (Å²) in [4.78, 5) is 4.71. The van der Waals surface area contributed by atoms with Crippen LogP contribution in [0.5, 0.6) is 0 Å². The standard InChI is InChI=1S/C15H16N4OS/c1-9(16)7-12-8-11-5-3-4-6-13(11)17-14(12)21-15-19-18-10(2)20-15/h3-6,8-9H,7,16H2,1-2H3. The highest BCUT2D eigenvalue weighted by Gasteiger charge is 2.13. The lowest BCUT2D eigenvalue weighted by molar-refractivity contribution is 0.429. The van der Waals surface area contributed by atoms with Gasteiger partial charge in [-0.1, -0.05) is 18.2 Å². The fourth-order valence-corrected chi connectivity index (χ4v) is 2.95. The summed E-state index contributed by atoms with van der Waals surface area (Å²) in [5, 5.41) is 10.3. The van der Waals surface area contributed by atoms with Crippen molar-refractivity contribution in [2.45, 2.75) is 36.6 Å². The number of hydrogen-bond acceptors (Lipinski definition) is 6. The molecule has 0 aliphatic heterocycles. The van der Waals surface area contributed by atoms with Gasteiger partial charge in [0, 0.05) is 18.4 Å². The molecule has 0 saturated carbocycles. The Labute approximate surface area is 127 Å². The van der Waals surface area contributed by atoms with Crippen LogP contribution in [0.2, 0.25) is 0 Å². The number of rotatable bonds is 4. The van der Waals surface area contributed by atoms with Crippen LogP contribution in [0.25, 0.3) is 10.9 Å². The number of benzene rings is 1. The van der Waals surface area contributed by atoms with Gasteiger partial charge < -0.3 is 10.2 Å². The molecule has 21 heavy (non-hydrogen) atoms. The molecule has 0 amide bonds. The maximum Gasteiger partial charge on any atom is 0.282 e. The van der Waals surface area contributed by atoms with Gasteiger partial charge in [0.2, 0.25) is 5.89 Å². The molecule has 1 atom stereocenters. The second-order valence-electron chi connectivity index (χ2n) is 5.02. The van der Waals surface area contributed by atoms with E-state index in [0.717, 1.165) is 27.9 Å². The van der Waals surface area contributed by atoms with Crippen LogP contribution in [0.1, 0.15) is 18.4 Å². The number of para-hydroxylation sites is 1. The highest BCUT2D eigenvalue weighted by Crippen LogP contribution is 2.30. The van der Waals surface area contributed by atoms with Crippen molar-refractivity contribution in [3.05, 3.63) is 41.8 Å². The Bertz CT molecular complexity index is 769. The van der Waals surface area contributed by atoms with Gasteiger partial charge in [-0.05, 0) is 42.8 Å². The van der Waals surface area contributed by atoms with Crippen molar-refractivity contribution in [2.24, 2.45) is 5.73 Å². The Morgan fingerprint density at radius 2 is 2.10 bits per heavy atom. The van der Waals surface area contributed by atoms with Crippen LogP contribution in [0.3, 0.4) is 0 Å². The average Bonchev–Trinajstić information content (AvgIpc) is 2.84. The fourth-order valence-electron chi connectivity index (χ4n) is 2.13. The first-order chi connectivity index (χ1) is 10.1. The van der Waals surface area contributed by atoms with Crippen molar-refractivity contribution in [1.29, 1.82) is 0 Å². The Morgan fingerprint density at radius 1 is 1.29 bits per heavy atom. The molecule has 0 aliphatic carbocycles. The maximum atomic E-state index is 5.95. The van der Waals surface area contributed by atoms with Crippen molar-refractivity contribution < 1.29 is 4.42 Å². The van der Waals surface area contributed by atoms with E-state index in [1.54, 1.807) is 6.92 Å². The molecule has 3 rings (SSSR count). The monoisotopic (exact) mass is 300 g/mol. The lowest BCUT2D eigenvalue weighted by atomic mass is 10.1. The summed E-state index contributed by atoms with van der Waals surface area (Å²) in [7, 11) is 0.